The molecule has 1 aromatic rings. The largest absolute Gasteiger partial charge is 0.391 e. The molecule has 0 spiro atoms. The second-order valence-electron chi connectivity index (χ2n) is 8.71. The summed E-state index contributed by atoms with van der Waals surface area (Å²) >= 11 is 0. The molecule has 0 saturated carbocycles. The van der Waals surface area contributed by atoms with E-state index in [-0.39, 0.29) is 22.7 Å². The first-order valence-corrected chi connectivity index (χ1v) is 13.5. The van der Waals surface area contributed by atoms with Crippen LogP contribution in [0.3, 0.4) is 0 Å². The Morgan fingerprint density at radius 1 is 1.08 bits per heavy atom. The molecule has 0 aromatic heterocycles. The van der Waals surface area contributed by atoms with Crippen LogP contribution < -0.4 is 0 Å². The van der Waals surface area contributed by atoms with Crippen LogP contribution in [-0.4, -0.2) is 57.7 Å². The second kappa shape index (κ2) is 14.7. The number of nitro groups is 1. The molecule has 37 heavy (non-hydrogen) atoms. The van der Waals surface area contributed by atoms with E-state index in [1.807, 2.05) is 0 Å². The molecule has 14 heteroatoms. The van der Waals surface area contributed by atoms with Gasteiger partial charge in [0.05, 0.1) is 30.1 Å². The number of nitrogens with zero attached hydrogens (tertiary/aromatic N) is 2. The number of hydroxylamine groups is 2. The molecule has 1 heterocycles. The fourth-order valence-electron chi connectivity index (χ4n) is 3.82. The van der Waals surface area contributed by atoms with E-state index in [1.165, 1.54) is 6.07 Å². The molecule has 1 aromatic carbocycles. The summed E-state index contributed by atoms with van der Waals surface area (Å²) in [5.74, 6) is -3.08. The maximum atomic E-state index is 11.8. The normalized spacial score (nSPS) is 15.8. The molecule has 0 aliphatic carbocycles. The van der Waals surface area contributed by atoms with Gasteiger partial charge >= 0.3 is 5.97 Å². The van der Waals surface area contributed by atoms with Crippen molar-refractivity contribution in [2.45, 2.75) is 82.7 Å². The van der Waals surface area contributed by atoms with Crippen molar-refractivity contribution in [2.75, 3.05) is 6.61 Å². The van der Waals surface area contributed by atoms with Gasteiger partial charge in [-0.2, -0.15) is 8.42 Å². The molecular weight excluding hydrogens is 512 g/mol. The molecule has 2 amide bonds. The van der Waals surface area contributed by atoms with Gasteiger partial charge in [-0.05, 0) is 30.5 Å². The van der Waals surface area contributed by atoms with Crippen LogP contribution in [0.2, 0.25) is 0 Å². The van der Waals surface area contributed by atoms with Gasteiger partial charge in [-0.3, -0.25) is 24.3 Å². The first-order valence-electron chi connectivity index (χ1n) is 12.0. The first kappa shape index (κ1) is 30.3. The van der Waals surface area contributed by atoms with E-state index < -0.39 is 51.1 Å². The number of benzene rings is 1. The van der Waals surface area contributed by atoms with Crippen molar-refractivity contribution in [2.24, 2.45) is 0 Å². The summed E-state index contributed by atoms with van der Waals surface area (Å²) in [6.07, 6.45) is 6.21. The number of aliphatic hydroxyl groups excluding tert-OH is 1. The lowest BCUT2D eigenvalue weighted by Gasteiger charge is -2.13. The van der Waals surface area contributed by atoms with E-state index in [9.17, 15) is 38.0 Å². The van der Waals surface area contributed by atoms with Gasteiger partial charge in [0.1, 0.15) is 0 Å². The van der Waals surface area contributed by atoms with E-state index >= 15 is 0 Å². The number of hydrogen-bond acceptors (Lipinski definition) is 10. The van der Waals surface area contributed by atoms with Crippen LogP contribution >= 0.6 is 0 Å². The van der Waals surface area contributed by atoms with Gasteiger partial charge in [0.25, 0.3) is 27.6 Å². The molecule has 13 nitrogen and oxygen atoms in total. The number of carbonyl (C=O) groups excluding carboxylic acids is 3. The Hall–Kier alpha value is -2.94. The van der Waals surface area contributed by atoms with E-state index in [2.05, 4.69) is 4.84 Å². The number of rotatable bonds is 17. The summed E-state index contributed by atoms with van der Waals surface area (Å²) in [7, 11) is -4.75. The molecule has 2 rings (SSSR count). The highest BCUT2D eigenvalue weighted by Gasteiger charge is 2.48. The predicted octanol–water partition coefficient (Wildman–Crippen LogP) is 2.59. The maximum Gasteiger partial charge on any atom is 0.333 e. The summed E-state index contributed by atoms with van der Waals surface area (Å²) in [6, 6.07) is 4.55. The van der Waals surface area contributed by atoms with Crippen molar-refractivity contribution in [3.63, 3.8) is 0 Å². The lowest BCUT2D eigenvalue weighted by Crippen LogP contribution is -2.36. The third-order valence-corrected chi connectivity index (χ3v) is 6.90. The Balaban J connectivity index is 1.47. The highest BCUT2D eigenvalue weighted by molar-refractivity contribution is 7.87. The maximum absolute atomic E-state index is 11.8. The first-order chi connectivity index (χ1) is 17.5. The Bertz CT molecular complexity index is 1070. The van der Waals surface area contributed by atoms with Crippen molar-refractivity contribution in [1.29, 1.82) is 0 Å². The molecule has 1 unspecified atom stereocenters. The average molecular weight is 545 g/mol. The highest BCUT2D eigenvalue weighted by atomic mass is 32.2. The van der Waals surface area contributed by atoms with E-state index in [4.69, 9.17) is 9.29 Å². The van der Waals surface area contributed by atoms with Gasteiger partial charge in [-0.1, -0.05) is 38.5 Å². The summed E-state index contributed by atoms with van der Waals surface area (Å²) in [4.78, 5) is 50.4. The van der Waals surface area contributed by atoms with Crippen LogP contribution in [0.4, 0.5) is 5.69 Å². The number of imide groups is 1. The minimum absolute atomic E-state index is 0.0283. The predicted molar refractivity (Wildman–Crippen MR) is 128 cm³/mol. The zero-order valence-electron chi connectivity index (χ0n) is 20.4. The van der Waals surface area contributed by atoms with Gasteiger partial charge in [0.15, 0.2) is 5.25 Å². The summed E-state index contributed by atoms with van der Waals surface area (Å²) in [5, 5.41) is 18.3. The fourth-order valence-corrected chi connectivity index (χ4v) is 4.52. The second-order valence-corrected chi connectivity index (χ2v) is 10.3. The van der Waals surface area contributed by atoms with Crippen molar-refractivity contribution < 1.29 is 47.0 Å². The number of nitro benzene ring substituents is 1. The van der Waals surface area contributed by atoms with Crippen LogP contribution in [0.1, 0.15) is 75.3 Å². The Labute approximate surface area is 214 Å². The van der Waals surface area contributed by atoms with Crippen LogP contribution in [-0.2, 0) is 47.3 Å². The van der Waals surface area contributed by atoms with Crippen molar-refractivity contribution in [3.05, 3.63) is 39.4 Å². The number of amides is 2. The number of hydrogen-bond donors (Lipinski definition) is 2. The minimum atomic E-state index is -4.75. The molecule has 0 radical (unpaired) electrons. The van der Waals surface area contributed by atoms with Gasteiger partial charge in [0.2, 0.25) is 0 Å². The average Bonchev–Trinajstić information content (AvgIpc) is 3.13. The zero-order chi connectivity index (χ0) is 27.4. The van der Waals surface area contributed by atoms with Gasteiger partial charge < -0.3 is 14.7 Å². The lowest BCUT2D eigenvalue weighted by molar-refractivity contribution is -0.385. The molecule has 206 valence electrons. The van der Waals surface area contributed by atoms with Gasteiger partial charge in [0, 0.05) is 19.1 Å². The SMILES string of the molecule is O=C(CCCCCCCCCCOCc1ccc([N+](=O)[O-])c(CO)c1)ON1C(=O)CC(S(=O)(=O)O)C1=O. The monoisotopic (exact) mass is 544 g/mol. The number of unbranched alkanes of at least 4 members (excludes halogenated alkanes) is 7. The third-order valence-electron chi connectivity index (χ3n) is 5.81. The summed E-state index contributed by atoms with van der Waals surface area (Å²) < 4.78 is 36.7. The summed E-state index contributed by atoms with van der Waals surface area (Å²) in [5.41, 5.74) is 0.908. The minimum Gasteiger partial charge on any atom is -0.391 e. The summed E-state index contributed by atoms with van der Waals surface area (Å²) in [6.45, 7) is 0.462. The Morgan fingerprint density at radius 2 is 1.70 bits per heavy atom. The molecule has 1 atom stereocenters. The lowest BCUT2D eigenvalue weighted by atomic mass is 10.1. The van der Waals surface area contributed by atoms with E-state index in [0.717, 1.165) is 50.5 Å². The smallest absolute Gasteiger partial charge is 0.333 e. The van der Waals surface area contributed by atoms with Crippen LogP contribution in [0.25, 0.3) is 0 Å². The number of ether oxygens (including phenoxy) is 1. The topological polar surface area (TPSA) is 191 Å². The molecule has 1 aliphatic rings. The van der Waals surface area contributed by atoms with Gasteiger partial charge in [-0.25, -0.2) is 4.79 Å². The Kier molecular flexibility index (Phi) is 12.0. The number of carbonyl (C=O) groups is 3. The van der Waals surface area contributed by atoms with Crippen LogP contribution in [0, 0.1) is 10.1 Å². The van der Waals surface area contributed by atoms with Crippen LogP contribution in [0.15, 0.2) is 18.2 Å². The van der Waals surface area contributed by atoms with E-state index in [0.29, 0.717) is 19.6 Å². The van der Waals surface area contributed by atoms with Crippen molar-refractivity contribution >= 4 is 33.6 Å². The molecule has 1 fully saturated rings. The quantitative estimate of drug-likeness (QED) is 0.0963. The molecule has 0 bridgehead atoms. The molecule has 2 N–H and O–H groups in total. The van der Waals surface area contributed by atoms with Crippen molar-refractivity contribution in [3.8, 4) is 0 Å². The number of aliphatic hydroxyl groups is 1. The van der Waals surface area contributed by atoms with Crippen molar-refractivity contribution in [1.82, 2.24) is 5.06 Å². The molecule has 1 aliphatic heterocycles. The fraction of sp³-hybridized carbons (Fsp3) is 0.609. The molecule has 1 saturated heterocycles. The van der Waals surface area contributed by atoms with Gasteiger partial charge in [-0.15, -0.1) is 5.06 Å². The molecular formula is C23H32N2O11S. The zero-order valence-corrected chi connectivity index (χ0v) is 21.2. The van der Waals surface area contributed by atoms with E-state index in [1.54, 1.807) is 12.1 Å². The third kappa shape index (κ3) is 9.80. The highest BCUT2D eigenvalue weighted by Crippen LogP contribution is 2.21. The standard InChI is InChI=1S/C23H32N2O11S/c26-15-18-13-17(10-11-19(18)25(30)31)16-35-12-8-6-4-2-1-3-5-7-9-22(28)36-24-21(27)14-20(23(24)29)37(32,33)34/h10-11,13,20,26H,1-9,12,14-16H2,(H,32,33,34). The Morgan fingerprint density at radius 3 is 2.27 bits per heavy atom. The van der Waals surface area contributed by atoms with Crippen LogP contribution in [0.5, 0.6) is 0 Å².